The topological polar surface area (TPSA) is 76.4 Å². The molecular formula is C16H19NO4. The van der Waals surface area contributed by atoms with E-state index in [9.17, 15) is 14.9 Å². The third-order valence-electron chi connectivity index (χ3n) is 5.36. The fourth-order valence-corrected chi connectivity index (χ4v) is 5.29. The van der Waals surface area contributed by atoms with Crippen molar-refractivity contribution in [2.75, 3.05) is 7.11 Å². The van der Waals surface area contributed by atoms with Gasteiger partial charge in [-0.1, -0.05) is 6.58 Å². The second-order valence-electron chi connectivity index (χ2n) is 6.98. The van der Waals surface area contributed by atoms with Gasteiger partial charge in [-0.3, -0.25) is 4.79 Å². The van der Waals surface area contributed by atoms with Crippen molar-refractivity contribution in [1.29, 1.82) is 5.26 Å². The molecular weight excluding hydrogens is 270 g/mol. The average molecular weight is 289 g/mol. The Morgan fingerprint density at radius 2 is 2.05 bits per heavy atom. The molecule has 0 radical (unpaired) electrons. The summed E-state index contributed by atoms with van der Waals surface area (Å²) >= 11 is 0. The van der Waals surface area contributed by atoms with Gasteiger partial charge < -0.3 is 9.47 Å². The van der Waals surface area contributed by atoms with Crippen LogP contribution in [0.4, 0.5) is 0 Å². The van der Waals surface area contributed by atoms with Crippen LogP contribution in [0.2, 0.25) is 0 Å². The number of rotatable bonds is 3. The van der Waals surface area contributed by atoms with Gasteiger partial charge in [0.2, 0.25) is 0 Å². The Hall–Kier alpha value is -1.83. The van der Waals surface area contributed by atoms with Gasteiger partial charge in [-0.2, -0.15) is 5.26 Å². The van der Waals surface area contributed by atoms with Crippen LogP contribution in [0.5, 0.6) is 0 Å². The lowest BCUT2D eigenvalue weighted by Gasteiger charge is -2.62. The van der Waals surface area contributed by atoms with Gasteiger partial charge in [0.15, 0.2) is 0 Å². The van der Waals surface area contributed by atoms with Crippen molar-refractivity contribution in [2.24, 2.45) is 16.7 Å². The first-order valence-corrected chi connectivity index (χ1v) is 7.26. The maximum atomic E-state index is 12.3. The van der Waals surface area contributed by atoms with E-state index in [1.54, 1.807) is 0 Å². The van der Waals surface area contributed by atoms with Crippen LogP contribution in [0, 0.1) is 28.1 Å². The van der Waals surface area contributed by atoms with Crippen LogP contribution >= 0.6 is 0 Å². The number of esters is 2. The maximum absolute atomic E-state index is 12.3. The van der Waals surface area contributed by atoms with Crippen LogP contribution in [0.1, 0.15) is 38.5 Å². The van der Waals surface area contributed by atoms with Gasteiger partial charge in [0, 0.05) is 18.9 Å². The highest BCUT2D eigenvalue weighted by molar-refractivity contribution is 5.82. The van der Waals surface area contributed by atoms with Crippen molar-refractivity contribution < 1.29 is 19.1 Å². The molecule has 112 valence electrons. The van der Waals surface area contributed by atoms with E-state index >= 15 is 0 Å². The van der Waals surface area contributed by atoms with Crippen molar-refractivity contribution in [3.63, 3.8) is 0 Å². The molecule has 0 spiro atoms. The number of ether oxygens (including phenoxy) is 2. The molecule has 4 atom stereocenters. The number of nitrogens with zero attached hydrogens (tertiary/aromatic N) is 1. The summed E-state index contributed by atoms with van der Waals surface area (Å²) in [6.07, 6.45) is 4.90. The summed E-state index contributed by atoms with van der Waals surface area (Å²) < 4.78 is 10.6. The lowest BCUT2D eigenvalue weighted by Crippen LogP contribution is -2.63. The van der Waals surface area contributed by atoms with Gasteiger partial charge >= 0.3 is 11.9 Å². The molecule has 4 aliphatic rings. The summed E-state index contributed by atoms with van der Waals surface area (Å²) in [6, 6.07) is 2.40. The monoisotopic (exact) mass is 289 g/mol. The molecule has 4 fully saturated rings. The third kappa shape index (κ3) is 1.97. The quantitative estimate of drug-likeness (QED) is 0.587. The molecule has 4 unspecified atom stereocenters. The Balaban J connectivity index is 2.01. The molecule has 4 aliphatic carbocycles. The zero-order valence-corrected chi connectivity index (χ0v) is 12.2. The van der Waals surface area contributed by atoms with Crippen LogP contribution in [0.15, 0.2) is 12.7 Å². The summed E-state index contributed by atoms with van der Waals surface area (Å²) in [6.45, 7) is 3.43. The van der Waals surface area contributed by atoms with Crippen LogP contribution in [-0.4, -0.2) is 24.6 Å². The summed E-state index contributed by atoms with van der Waals surface area (Å²) in [7, 11) is 1.38. The Labute approximate surface area is 123 Å². The molecule has 0 aromatic carbocycles. The predicted octanol–water partition coefficient (Wildman–Crippen LogP) is 2.12. The molecule has 4 saturated carbocycles. The number of carbonyl (C=O) groups is 2. The fraction of sp³-hybridized carbons (Fsp3) is 0.688. The van der Waals surface area contributed by atoms with Gasteiger partial charge in [-0.05, 0) is 31.6 Å². The molecule has 0 heterocycles. The van der Waals surface area contributed by atoms with Crippen molar-refractivity contribution in [3.8, 4) is 6.07 Å². The molecule has 0 aromatic heterocycles. The summed E-state index contributed by atoms with van der Waals surface area (Å²) in [4.78, 5) is 24.0. The molecule has 5 nitrogen and oxygen atoms in total. The Bertz CT molecular complexity index is 565. The number of hydrogen-bond donors (Lipinski definition) is 0. The van der Waals surface area contributed by atoms with E-state index in [4.69, 9.17) is 9.47 Å². The zero-order chi connectivity index (χ0) is 15.3. The van der Waals surface area contributed by atoms with E-state index in [1.807, 2.05) is 0 Å². The first-order chi connectivity index (χ1) is 9.90. The molecule has 5 heteroatoms. The standard InChI is InChI=1S/C16H19NO4/c1-3-12(18)21-16-6-11-4-14(8-16,10-17)7-15(5-11,9-16)13(19)20-2/h3,11H,1,4-9H2,2H3. The van der Waals surface area contributed by atoms with Gasteiger partial charge in [0.25, 0.3) is 0 Å². The van der Waals surface area contributed by atoms with Gasteiger partial charge in [-0.25, -0.2) is 4.79 Å². The smallest absolute Gasteiger partial charge is 0.330 e. The van der Waals surface area contributed by atoms with Crippen molar-refractivity contribution in [3.05, 3.63) is 12.7 Å². The van der Waals surface area contributed by atoms with Crippen LogP contribution < -0.4 is 0 Å². The van der Waals surface area contributed by atoms with Crippen LogP contribution in [0.3, 0.4) is 0 Å². The largest absolute Gasteiger partial charge is 0.469 e. The number of hydrogen-bond acceptors (Lipinski definition) is 5. The average Bonchev–Trinajstić information content (AvgIpc) is 2.44. The Morgan fingerprint density at radius 1 is 1.29 bits per heavy atom. The molecule has 0 aliphatic heterocycles. The summed E-state index contributed by atoms with van der Waals surface area (Å²) in [5, 5.41) is 9.64. The summed E-state index contributed by atoms with van der Waals surface area (Å²) in [5.41, 5.74) is -1.96. The van der Waals surface area contributed by atoms with Gasteiger partial charge in [-0.15, -0.1) is 0 Å². The van der Waals surface area contributed by atoms with E-state index in [0.717, 1.165) is 25.3 Å². The fourth-order valence-electron chi connectivity index (χ4n) is 5.29. The van der Waals surface area contributed by atoms with Crippen molar-refractivity contribution >= 4 is 11.9 Å². The first-order valence-electron chi connectivity index (χ1n) is 7.26. The van der Waals surface area contributed by atoms with Gasteiger partial charge in [0.05, 0.1) is 24.0 Å². The lowest BCUT2D eigenvalue weighted by atomic mass is 9.43. The molecule has 0 aromatic rings. The normalized spacial score (nSPS) is 43.0. The van der Waals surface area contributed by atoms with E-state index in [2.05, 4.69) is 12.6 Å². The predicted molar refractivity (Wildman–Crippen MR) is 72.7 cm³/mol. The molecule has 4 rings (SSSR count). The minimum absolute atomic E-state index is 0.234. The zero-order valence-electron chi connectivity index (χ0n) is 12.2. The molecule has 0 N–H and O–H groups in total. The molecule has 0 saturated heterocycles. The van der Waals surface area contributed by atoms with E-state index < -0.39 is 22.4 Å². The van der Waals surface area contributed by atoms with Gasteiger partial charge in [0.1, 0.15) is 5.60 Å². The SMILES string of the molecule is C=CC(=O)OC12CC3CC(C#N)(C1)CC(C(=O)OC)(C3)C2. The van der Waals surface area contributed by atoms with Crippen molar-refractivity contribution in [1.82, 2.24) is 0 Å². The number of nitriles is 1. The van der Waals surface area contributed by atoms with E-state index in [-0.39, 0.29) is 11.9 Å². The number of methoxy groups -OCH3 is 1. The molecule has 0 amide bonds. The third-order valence-corrected chi connectivity index (χ3v) is 5.36. The van der Waals surface area contributed by atoms with Crippen molar-refractivity contribution in [2.45, 2.75) is 44.1 Å². The van der Waals surface area contributed by atoms with E-state index in [0.29, 0.717) is 19.3 Å². The highest BCUT2D eigenvalue weighted by Crippen LogP contribution is 2.67. The molecule has 4 bridgehead atoms. The highest BCUT2D eigenvalue weighted by Gasteiger charge is 2.68. The minimum Gasteiger partial charge on any atom is -0.469 e. The van der Waals surface area contributed by atoms with Crippen LogP contribution in [0.25, 0.3) is 0 Å². The second kappa shape index (κ2) is 4.33. The summed E-state index contributed by atoms with van der Waals surface area (Å²) in [5.74, 6) is -0.520. The number of carbonyl (C=O) groups excluding carboxylic acids is 2. The maximum Gasteiger partial charge on any atom is 0.330 e. The molecule has 21 heavy (non-hydrogen) atoms. The first kappa shape index (κ1) is 14.1. The highest BCUT2D eigenvalue weighted by atomic mass is 16.6. The minimum atomic E-state index is -0.714. The second-order valence-corrected chi connectivity index (χ2v) is 6.98. The lowest BCUT2D eigenvalue weighted by molar-refractivity contribution is -0.218. The van der Waals surface area contributed by atoms with E-state index in [1.165, 1.54) is 7.11 Å². The Kier molecular flexibility index (Phi) is 2.91. The van der Waals surface area contributed by atoms with Crippen LogP contribution in [-0.2, 0) is 19.1 Å². The Morgan fingerprint density at radius 3 is 2.67 bits per heavy atom.